The van der Waals surface area contributed by atoms with Gasteiger partial charge in [-0.05, 0) is 87.0 Å². The summed E-state index contributed by atoms with van der Waals surface area (Å²) in [6.07, 6.45) is 0. The molecule has 3 aromatic carbocycles. The highest BCUT2D eigenvalue weighted by Gasteiger charge is 2.20. The Balaban J connectivity index is 1.70. The number of carbonyl (C=O) groups is 2. The molecule has 0 fully saturated rings. The van der Waals surface area contributed by atoms with Crippen molar-refractivity contribution in [2.45, 2.75) is 38.3 Å². The number of nitrogens with one attached hydrogen (secondary N) is 1. The number of amides is 2. The third kappa shape index (κ3) is 7.05. The molecule has 2 amide bonds. The summed E-state index contributed by atoms with van der Waals surface area (Å²) in [5, 5.41) is 2.80. The minimum Gasteiger partial charge on any atom is -0.462 e. The number of rotatable bonds is 9. The van der Waals surface area contributed by atoms with Crippen LogP contribution < -0.4 is 9.50 Å². The van der Waals surface area contributed by atoms with Gasteiger partial charge in [-0.15, -0.1) is 0 Å². The number of urea groups is 1. The monoisotopic (exact) mass is 514 g/mol. The first-order chi connectivity index (χ1) is 17.1. The van der Waals surface area contributed by atoms with E-state index in [2.05, 4.69) is 5.32 Å². The number of ether oxygens (including phenoxy) is 1. The van der Waals surface area contributed by atoms with E-state index < -0.39 is 21.9 Å². The van der Waals surface area contributed by atoms with Crippen LogP contribution in [0.5, 0.6) is 5.75 Å². The van der Waals surface area contributed by atoms with Crippen LogP contribution in [0.4, 0.5) is 14.9 Å². The van der Waals surface area contributed by atoms with Crippen LogP contribution in [0, 0.1) is 5.82 Å². The molecule has 0 bridgehead atoms. The second-order valence-electron chi connectivity index (χ2n) is 8.09. The van der Waals surface area contributed by atoms with Crippen molar-refractivity contribution in [3.8, 4) is 5.75 Å². The molecular weight excluding hydrogens is 487 g/mol. The minimum absolute atomic E-state index is 0.0653. The first-order valence-electron chi connectivity index (χ1n) is 11.2. The molecule has 190 valence electrons. The number of carbonyl (C=O) groups excluding carboxylic acids is 2. The Hall–Kier alpha value is -3.92. The van der Waals surface area contributed by atoms with Gasteiger partial charge in [-0.3, -0.25) is 0 Å². The van der Waals surface area contributed by atoms with Gasteiger partial charge in [-0.1, -0.05) is 12.1 Å². The quantitative estimate of drug-likeness (QED) is 0.311. The van der Waals surface area contributed by atoms with E-state index in [0.29, 0.717) is 16.8 Å². The predicted molar refractivity (Wildman–Crippen MR) is 133 cm³/mol. The summed E-state index contributed by atoms with van der Waals surface area (Å²) in [7, 11) is -4.15. The molecular formula is C26H27FN2O6S. The highest BCUT2D eigenvalue weighted by molar-refractivity contribution is 7.87. The summed E-state index contributed by atoms with van der Waals surface area (Å²) in [4.78, 5) is 26.2. The Bertz CT molecular complexity index is 1310. The van der Waals surface area contributed by atoms with E-state index in [1.54, 1.807) is 48.2 Å². The minimum atomic E-state index is -4.15. The second-order valence-corrected chi connectivity index (χ2v) is 9.63. The van der Waals surface area contributed by atoms with Crippen molar-refractivity contribution in [3.05, 3.63) is 89.7 Å². The van der Waals surface area contributed by atoms with E-state index in [1.165, 1.54) is 12.1 Å². The zero-order chi connectivity index (χ0) is 26.3. The molecule has 3 aromatic rings. The maximum atomic E-state index is 13.1. The fourth-order valence-corrected chi connectivity index (χ4v) is 4.18. The summed E-state index contributed by atoms with van der Waals surface area (Å²) in [6.45, 7) is 5.87. The van der Waals surface area contributed by atoms with E-state index in [1.807, 2.05) is 13.8 Å². The lowest BCUT2D eigenvalue weighted by Gasteiger charge is -2.27. The lowest BCUT2D eigenvalue weighted by atomic mass is 10.2. The van der Waals surface area contributed by atoms with Gasteiger partial charge >= 0.3 is 22.1 Å². The van der Waals surface area contributed by atoms with E-state index in [4.69, 9.17) is 8.92 Å². The van der Waals surface area contributed by atoms with Gasteiger partial charge < -0.3 is 19.1 Å². The van der Waals surface area contributed by atoms with Crippen molar-refractivity contribution in [3.63, 3.8) is 0 Å². The van der Waals surface area contributed by atoms with E-state index in [9.17, 15) is 22.4 Å². The number of hydrogen-bond donors (Lipinski definition) is 1. The normalized spacial score (nSPS) is 11.1. The number of benzene rings is 3. The predicted octanol–water partition coefficient (Wildman–Crippen LogP) is 5.21. The first-order valence-corrected chi connectivity index (χ1v) is 12.6. The lowest BCUT2D eigenvalue weighted by Crippen LogP contribution is -2.39. The van der Waals surface area contributed by atoms with Crippen LogP contribution >= 0.6 is 0 Å². The molecule has 0 aliphatic carbocycles. The molecule has 10 heteroatoms. The van der Waals surface area contributed by atoms with Crippen LogP contribution in [-0.4, -0.2) is 38.0 Å². The van der Waals surface area contributed by atoms with Crippen LogP contribution in [0.1, 0.15) is 36.7 Å². The third-order valence-corrected chi connectivity index (χ3v) is 6.35. The summed E-state index contributed by atoms with van der Waals surface area (Å²) < 4.78 is 48.3. The Labute approximate surface area is 209 Å². The molecule has 0 aromatic heterocycles. The zero-order valence-corrected chi connectivity index (χ0v) is 20.9. The van der Waals surface area contributed by atoms with E-state index in [0.717, 1.165) is 24.3 Å². The smallest absolute Gasteiger partial charge is 0.339 e. The van der Waals surface area contributed by atoms with Crippen molar-refractivity contribution in [2.75, 3.05) is 11.9 Å². The van der Waals surface area contributed by atoms with Gasteiger partial charge in [0.2, 0.25) is 0 Å². The topological polar surface area (TPSA) is 102 Å². The number of hydrogen-bond acceptors (Lipinski definition) is 6. The average molecular weight is 515 g/mol. The van der Waals surface area contributed by atoms with Crippen molar-refractivity contribution >= 4 is 27.8 Å². The van der Waals surface area contributed by atoms with Crippen LogP contribution in [0.3, 0.4) is 0 Å². The Kier molecular flexibility index (Phi) is 8.65. The number of halogens is 1. The van der Waals surface area contributed by atoms with Crippen molar-refractivity contribution in [2.24, 2.45) is 0 Å². The molecule has 3 rings (SSSR count). The van der Waals surface area contributed by atoms with Crippen LogP contribution in [-0.2, 0) is 21.4 Å². The molecule has 0 heterocycles. The van der Waals surface area contributed by atoms with Gasteiger partial charge in [0.15, 0.2) is 0 Å². The standard InChI is InChI=1S/C26H27FN2O6S/c1-4-34-25(30)20-8-12-22(13-9-20)28-26(31)29(18(2)3)17-19-6-5-7-23(16-19)35-36(32,33)24-14-10-21(27)11-15-24/h5-16,18H,4,17H2,1-3H3,(H,28,31). The molecule has 0 spiro atoms. The molecule has 0 aliphatic rings. The maximum absolute atomic E-state index is 13.1. The summed E-state index contributed by atoms with van der Waals surface area (Å²) in [5.74, 6) is -0.934. The maximum Gasteiger partial charge on any atom is 0.339 e. The molecule has 0 atom stereocenters. The first kappa shape index (κ1) is 26.7. The van der Waals surface area contributed by atoms with Gasteiger partial charge in [0.1, 0.15) is 16.5 Å². The Morgan fingerprint density at radius 1 is 1.00 bits per heavy atom. The summed E-state index contributed by atoms with van der Waals surface area (Å²) in [5.41, 5.74) is 1.52. The molecule has 1 N–H and O–H groups in total. The van der Waals surface area contributed by atoms with Gasteiger partial charge in [-0.25, -0.2) is 14.0 Å². The molecule has 0 unspecified atom stereocenters. The van der Waals surface area contributed by atoms with Gasteiger partial charge in [0, 0.05) is 18.3 Å². The van der Waals surface area contributed by atoms with E-state index in [-0.39, 0.29) is 35.9 Å². The Morgan fingerprint density at radius 3 is 2.28 bits per heavy atom. The fraction of sp³-hybridized carbons (Fsp3) is 0.231. The van der Waals surface area contributed by atoms with Crippen molar-refractivity contribution in [1.82, 2.24) is 4.90 Å². The van der Waals surface area contributed by atoms with Crippen LogP contribution in [0.25, 0.3) is 0 Å². The molecule has 0 aliphatic heterocycles. The van der Waals surface area contributed by atoms with Crippen molar-refractivity contribution < 1.29 is 31.3 Å². The summed E-state index contributed by atoms with van der Waals surface area (Å²) >= 11 is 0. The molecule has 0 saturated carbocycles. The van der Waals surface area contributed by atoms with Gasteiger partial charge in [-0.2, -0.15) is 8.42 Å². The fourth-order valence-electron chi connectivity index (χ4n) is 3.26. The average Bonchev–Trinajstić information content (AvgIpc) is 2.83. The molecule has 8 nitrogen and oxygen atoms in total. The molecule has 0 radical (unpaired) electrons. The highest BCUT2D eigenvalue weighted by atomic mass is 32.2. The van der Waals surface area contributed by atoms with Crippen LogP contribution in [0.15, 0.2) is 77.7 Å². The SMILES string of the molecule is CCOC(=O)c1ccc(NC(=O)N(Cc2cccc(OS(=O)(=O)c3ccc(F)cc3)c2)C(C)C)cc1. The summed E-state index contributed by atoms with van der Waals surface area (Å²) in [6, 6.07) is 16.5. The second kappa shape index (κ2) is 11.7. The lowest BCUT2D eigenvalue weighted by molar-refractivity contribution is 0.0526. The number of esters is 1. The van der Waals surface area contributed by atoms with Gasteiger partial charge in [0.25, 0.3) is 0 Å². The van der Waals surface area contributed by atoms with Crippen molar-refractivity contribution in [1.29, 1.82) is 0 Å². The molecule has 0 saturated heterocycles. The number of nitrogens with zero attached hydrogens (tertiary/aromatic N) is 1. The highest BCUT2D eigenvalue weighted by Crippen LogP contribution is 2.22. The zero-order valence-electron chi connectivity index (χ0n) is 20.1. The number of anilines is 1. The third-order valence-electron chi connectivity index (χ3n) is 5.09. The molecule has 36 heavy (non-hydrogen) atoms. The van der Waals surface area contributed by atoms with Crippen LogP contribution in [0.2, 0.25) is 0 Å². The van der Waals surface area contributed by atoms with E-state index >= 15 is 0 Å². The largest absolute Gasteiger partial charge is 0.462 e. The Morgan fingerprint density at radius 2 is 1.67 bits per heavy atom. The van der Waals surface area contributed by atoms with Gasteiger partial charge in [0.05, 0.1) is 12.2 Å².